The van der Waals surface area contributed by atoms with Crippen molar-refractivity contribution < 1.29 is 4.74 Å². The van der Waals surface area contributed by atoms with Crippen LogP contribution < -0.4 is 10.5 Å². The Kier molecular flexibility index (Phi) is 2.88. The van der Waals surface area contributed by atoms with Crippen molar-refractivity contribution in [3.8, 4) is 5.75 Å². The number of rotatable bonds is 3. The van der Waals surface area contributed by atoms with E-state index in [4.69, 9.17) is 10.5 Å². The lowest BCUT2D eigenvalue weighted by Gasteiger charge is -2.06. The van der Waals surface area contributed by atoms with Gasteiger partial charge >= 0.3 is 0 Å². The molecule has 0 saturated carbocycles. The van der Waals surface area contributed by atoms with E-state index in [9.17, 15) is 0 Å². The van der Waals surface area contributed by atoms with Gasteiger partial charge in [-0.15, -0.1) is 0 Å². The van der Waals surface area contributed by atoms with Crippen LogP contribution in [0.4, 0.5) is 5.69 Å². The molecule has 0 saturated heterocycles. The summed E-state index contributed by atoms with van der Waals surface area (Å²) >= 11 is 0. The van der Waals surface area contributed by atoms with E-state index in [1.807, 2.05) is 36.4 Å². The Hall–Kier alpha value is -1.96. The van der Waals surface area contributed by atoms with Crippen LogP contribution in [0.2, 0.25) is 0 Å². The molecule has 0 unspecified atom stereocenters. The number of hydrogen-bond donors (Lipinski definition) is 1. The summed E-state index contributed by atoms with van der Waals surface area (Å²) < 4.78 is 5.57. The van der Waals surface area contributed by atoms with Crippen molar-refractivity contribution in [3.05, 3.63) is 60.2 Å². The molecule has 0 aliphatic heterocycles. The van der Waals surface area contributed by atoms with Gasteiger partial charge in [0.15, 0.2) is 0 Å². The average molecular weight is 198 g/mol. The molecule has 0 bridgehead atoms. The zero-order valence-electron chi connectivity index (χ0n) is 8.31. The summed E-state index contributed by atoms with van der Waals surface area (Å²) in [5.41, 5.74) is 7.33. The second-order valence-corrected chi connectivity index (χ2v) is 3.25. The molecule has 1 radical (unpaired) electrons. The molecule has 15 heavy (non-hydrogen) atoms. The van der Waals surface area contributed by atoms with Crippen LogP contribution in [0.5, 0.6) is 5.75 Å². The summed E-state index contributed by atoms with van der Waals surface area (Å²) in [5.74, 6) is 0.773. The minimum absolute atomic E-state index is 0.560. The highest BCUT2D eigenvalue weighted by atomic mass is 16.5. The first-order chi connectivity index (χ1) is 7.34. The lowest BCUT2D eigenvalue weighted by molar-refractivity contribution is 0.306. The Morgan fingerprint density at radius 2 is 1.93 bits per heavy atom. The molecule has 2 rings (SSSR count). The van der Waals surface area contributed by atoms with Crippen molar-refractivity contribution in [3.63, 3.8) is 0 Å². The van der Waals surface area contributed by atoms with E-state index < -0.39 is 0 Å². The van der Waals surface area contributed by atoms with Crippen molar-refractivity contribution in [2.45, 2.75) is 6.61 Å². The standard InChI is InChI=1S/C13H12NO/c14-12-7-4-8-13(9-12)15-10-11-5-2-1-3-6-11/h1-6,8-9H,10,14H2. The summed E-state index contributed by atoms with van der Waals surface area (Å²) in [6, 6.07) is 18.3. The van der Waals surface area contributed by atoms with Crippen LogP contribution in [0.3, 0.4) is 0 Å². The topological polar surface area (TPSA) is 35.2 Å². The van der Waals surface area contributed by atoms with E-state index in [-0.39, 0.29) is 0 Å². The summed E-state index contributed by atoms with van der Waals surface area (Å²) in [5, 5.41) is 0. The molecule has 2 aromatic carbocycles. The van der Waals surface area contributed by atoms with Gasteiger partial charge in [0.25, 0.3) is 0 Å². The highest BCUT2D eigenvalue weighted by Gasteiger charge is 1.95. The largest absolute Gasteiger partial charge is 0.489 e. The van der Waals surface area contributed by atoms with Crippen LogP contribution in [0.15, 0.2) is 48.5 Å². The first-order valence-electron chi connectivity index (χ1n) is 4.78. The second kappa shape index (κ2) is 4.51. The monoisotopic (exact) mass is 198 g/mol. The Balaban J connectivity index is 1.99. The predicted octanol–water partition coefficient (Wildman–Crippen LogP) is 2.65. The fourth-order valence-electron chi connectivity index (χ4n) is 1.29. The molecule has 0 fully saturated rings. The van der Waals surface area contributed by atoms with Crippen molar-refractivity contribution in [2.24, 2.45) is 0 Å². The lowest BCUT2D eigenvalue weighted by atomic mass is 10.2. The first-order valence-corrected chi connectivity index (χ1v) is 4.78. The van der Waals surface area contributed by atoms with E-state index >= 15 is 0 Å². The van der Waals surface area contributed by atoms with Crippen LogP contribution in [-0.4, -0.2) is 0 Å². The number of ether oxygens (including phenoxy) is 1. The van der Waals surface area contributed by atoms with E-state index in [2.05, 4.69) is 6.07 Å². The van der Waals surface area contributed by atoms with Gasteiger partial charge in [-0.2, -0.15) is 0 Å². The molecule has 2 N–H and O–H groups in total. The summed E-state index contributed by atoms with van der Waals surface area (Å²) in [6.45, 7) is 0.560. The molecule has 2 aromatic rings. The van der Waals surface area contributed by atoms with E-state index in [0.29, 0.717) is 12.3 Å². The number of hydrogen-bond acceptors (Lipinski definition) is 2. The molecule has 0 heterocycles. The average Bonchev–Trinajstić information content (AvgIpc) is 2.28. The number of nitrogens with two attached hydrogens (primary N) is 1. The van der Waals surface area contributed by atoms with Crippen LogP contribution >= 0.6 is 0 Å². The van der Waals surface area contributed by atoms with E-state index in [0.717, 1.165) is 11.3 Å². The predicted molar refractivity (Wildman–Crippen MR) is 60.5 cm³/mol. The molecule has 0 amide bonds. The molecule has 2 nitrogen and oxygen atoms in total. The summed E-state index contributed by atoms with van der Waals surface area (Å²) in [4.78, 5) is 0. The maximum Gasteiger partial charge on any atom is 0.121 e. The van der Waals surface area contributed by atoms with Crippen LogP contribution in [-0.2, 0) is 6.61 Å². The maximum atomic E-state index is 5.59. The van der Waals surface area contributed by atoms with Gasteiger partial charge in [0, 0.05) is 17.8 Å². The smallest absolute Gasteiger partial charge is 0.121 e. The van der Waals surface area contributed by atoms with Gasteiger partial charge in [-0.3, -0.25) is 0 Å². The summed E-state index contributed by atoms with van der Waals surface area (Å²) in [7, 11) is 0. The third kappa shape index (κ3) is 2.74. The molecule has 0 aliphatic rings. The van der Waals surface area contributed by atoms with Crippen LogP contribution in [0.1, 0.15) is 5.56 Å². The van der Waals surface area contributed by atoms with Gasteiger partial charge in [0.1, 0.15) is 12.4 Å². The number of nitrogen functional groups attached to an aromatic ring is 1. The second-order valence-electron chi connectivity index (χ2n) is 3.25. The SMILES string of the molecule is Nc1[c]ccc(OCc2ccccc2)c1. The van der Waals surface area contributed by atoms with Gasteiger partial charge in [-0.1, -0.05) is 30.3 Å². The van der Waals surface area contributed by atoms with Crippen LogP contribution in [0.25, 0.3) is 0 Å². The first kappa shape index (κ1) is 9.59. The van der Waals surface area contributed by atoms with Crippen molar-refractivity contribution in [1.29, 1.82) is 0 Å². The third-order valence-corrected chi connectivity index (χ3v) is 2.04. The Bertz CT molecular complexity index is 426. The zero-order chi connectivity index (χ0) is 10.5. The lowest BCUT2D eigenvalue weighted by Crippen LogP contribution is -1.95. The van der Waals surface area contributed by atoms with Crippen molar-refractivity contribution >= 4 is 5.69 Å². The normalized spacial score (nSPS) is 9.87. The quantitative estimate of drug-likeness (QED) is 0.769. The van der Waals surface area contributed by atoms with Gasteiger partial charge in [-0.25, -0.2) is 0 Å². The van der Waals surface area contributed by atoms with E-state index in [1.54, 1.807) is 12.1 Å². The fraction of sp³-hybridized carbons (Fsp3) is 0.0769. The number of benzene rings is 2. The van der Waals surface area contributed by atoms with E-state index in [1.165, 1.54) is 0 Å². The van der Waals surface area contributed by atoms with Crippen molar-refractivity contribution in [2.75, 3.05) is 5.73 Å². The molecule has 0 spiro atoms. The Morgan fingerprint density at radius 1 is 1.13 bits per heavy atom. The van der Waals surface area contributed by atoms with Gasteiger partial charge < -0.3 is 10.5 Å². The molecule has 0 aromatic heterocycles. The minimum Gasteiger partial charge on any atom is -0.489 e. The van der Waals surface area contributed by atoms with Gasteiger partial charge in [-0.05, 0) is 17.7 Å². The molecule has 75 valence electrons. The Morgan fingerprint density at radius 3 is 2.67 bits per heavy atom. The van der Waals surface area contributed by atoms with Crippen molar-refractivity contribution in [1.82, 2.24) is 0 Å². The highest BCUT2D eigenvalue weighted by Crippen LogP contribution is 2.15. The highest BCUT2D eigenvalue weighted by molar-refractivity contribution is 5.42. The molecule has 0 aliphatic carbocycles. The molecule has 2 heteroatoms. The fourth-order valence-corrected chi connectivity index (χ4v) is 1.29. The third-order valence-electron chi connectivity index (χ3n) is 2.04. The Labute approximate surface area is 89.3 Å². The van der Waals surface area contributed by atoms with Crippen LogP contribution in [0, 0.1) is 6.07 Å². The zero-order valence-corrected chi connectivity index (χ0v) is 8.31. The number of anilines is 1. The minimum atomic E-state index is 0.560. The van der Waals surface area contributed by atoms with Gasteiger partial charge in [0.05, 0.1) is 0 Å². The maximum absolute atomic E-state index is 5.59. The molecule has 0 atom stereocenters. The molecular formula is C13H12NO. The molecular weight excluding hydrogens is 186 g/mol. The summed E-state index contributed by atoms with van der Waals surface area (Å²) in [6.07, 6.45) is 0. The van der Waals surface area contributed by atoms with Gasteiger partial charge in [0.2, 0.25) is 0 Å².